The Morgan fingerprint density at radius 3 is 2.59 bits per heavy atom. The van der Waals surface area contributed by atoms with Crippen molar-refractivity contribution >= 4 is 16.9 Å². The first-order chi connectivity index (χ1) is 14.1. The minimum atomic E-state index is -1.10. The fourth-order valence-corrected chi connectivity index (χ4v) is 4.16. The van der Waals surface area contributed by atoms with E-state index in [-0.39, 0.29) is 16.6 Å². The molecule has 1 fully saturated rings. The third-order valence-electron chi connectivity index (χ3n) is 5.78. The number of para-hydroxylation sites is 1. The zero-order valence-corrected chi connectivity index (χ0v) is 16.6. The molecule has 2 aromatic carbocycles. The number of rotatable bonds is 5. The van der Waals surface area contributed by atoms with Gasteiger partial charge in [-0.2, -0.15) is 0 Å². The number of fused-ring (bicyclic) bond motifs is 1. The number of hydrogen-bond acceptors (Lipinski definition) is 4. The lowest BCUT2D eigenvalue weighted by molar-refractivity contribution is 0.0698. The van der Waals surface area contributed by atoms with Crippen LogP contribution in [0.15, 0.2) is 51.7 Å². The van der Waals surface area contributed by atoms with Crippen molar-refractivity contribution in [2.45, 2.75) is 32.6 Å². The van der Waals surface area contributed by atoms with Crippen molar-refractivity contribution in [3.63, 3.8) is 0 Å². The molecule has 1 aliphatic heterocycles. The van der Waals surface area contributed by atoms with E-state index in [1.807, 2.05) is 18.2 Å². The molecule has 1 saturated heterocycles. The first kappa shape index (κ1) is 19.4. The molecule has 0 radical (unpaired) electrons. The first-order valence-corrected chi connectivity index (χ1v) is 10.2. The minimum absolute atomic E-state index is 0.00616. The van der Waals surface area contributed by atoms with Crippen molar-refractivity contribution in [3.8, 4) is 11.3 Å². The molecule has 0 saturated carbocycles. The molecule has 3 aromatic rings. The number of hydrogen-bond donors (Lipinski definition) is 1. The van der Waals surface area contributed by atoms with E-state index < -0.39 is 5.97 Å². The minimum Gasteiger partial charge on any atom is -0.478 e. The summed E-state index contributed by atoms with van der Waals surface area (Å²) in [5.41, 5.74) is 2.43. The Morgan fingerprint density at radius 2 is 1.83 bits per heavy atom. The van der Waals surface area contributed by atoms with Crippen LogP contribution in [0.1, 0.15) is 40.7 Å². The van der Waals surface area contributed by atoms with Gasteiger partial charge in [-0.1, -0.05) is 36.8 Å². The standard InChI is InChI=1S/C24H25NO4/c1-16-21(26)19-10-7-11-20(24(27)28)23(19)29-22(16)18-9-4-3-8-17(18)12-15-25-13-5-2-6-14-25/h3-4,7-11H,2,5-6,12-15H2,1H3,(H,27,28). The van der Waals surface area contributed by atoms with Crippen LogP contribution in [0.4, 0.5) is 0 Å². The van der Waals surface area contributed by atoms with Crippen molar-refractivity contribution in [2.75, 3.05) is 19.6 Å². The van der Waals surface area contributed by atoms with Crippen molar-refractivity contribution in [2.24, 2.45) is 0 Å². The molecular formula is C24H25NO4. The monoisotopic (exact) mass is 391 g/mol. The van der Waals surface area contributed by atoms with E-state index >= 15 is 0 Å². The Morgan fingerprint density at radius 1 is 1.07 bits per heavy atom. The molecule has 0 aliphatic carbocycles. The van der Waals surface area contributed by atoms with Gasteiger partial charge in [0.2, 0.25) is 0 Å². The first-order valence-electron chi connectivity index (χ1n) is 10.2. The number of carboxylic acids is 1. The molecule has 150 valence electrons. The molecule has 1 N–H and O–H groups in total. The molecule has 1 aliphatic rings. The highest BCUT2D eigenvalue weighted by molar-refractivity contribution is 6.01. The van der Waals surface area contributed by atoms with Gasteiger partial charge in [-0.05, 0) is 57.0 Å². The maximum Gasteiger partial charge on any atom is 0.339 e. The van der Waals surface area contributed by atoms with Crippen LogP contribution in [-0.4, -0.2) is 35.6 Å². The lowest BCUT2D eigenvalue weighted by atomic mass is 9.98. The summed E-state index contributed by atoms with van der Waals surface area (Å²) in [5, 5.41) is 9.82. The van der Waals surface area contributed by atoms with E-state index in [1.165, 1.54) is 25.3 Å². The topological polar surface area (TPSA) is 70.8 Å². The molecule has 0 bridgehead atoms. The Labute approximate surface area is 169 Å². The zero-order valence-electron chi connectivity index (χ0n) is 16.6. The lowest BCUT2D eigenvalue weighted by Gasteiger charge is -2.26. The Kier molecular flexibility index (Phi) is 5.49. The van der Waals surface area contributed by atoms with Gasteiger partial charge in [0.25, 0.3) is 0 Å². The second-order valence-corrected chi connectivity index (χ2v) is 7.68. The van der Waals surface area contributed by atoms with Crippen molar-refractivity contribution in [3.05, 3.63) is 69.4 Å². The third kappa shape index (κ3) is 3.83. The molecule has 2 heterocycles. The van der Waals surface area contributed by atoms with Gasteiger partial charge >= 0.3 is 5.97 Å². The van der Waals surface area contributed by atoms with Crippen molar-refractivity contribution in [1.82, 2.24) is 4.90 Å². The van der Waals surface area contributed by atoms with Gasteiger partial charge in [-0.3, -0.25) is 4.79 Å². The number of benzene rings is 2. The molecule has 29 heavy (non-hydrogen) atoms. The number of piperidine rings is 1. The van der Waals surface area contributed by atoms with Gasteiger partial charge in [0.05, 0.1) is 5.39 Å². The summed E-state index contributed by atoms with van der Waals surface area (Å²) >= 11 is 0. The molecule has 0 amide bonds. The molecule has 5 heteroatoms. The largest absolute Gasteiger partial charge is 0.478 e. The normalized spacial score (nSPS) is 14.9. The lowest BCUT2D eigenvalue weighted by Crippen LogP contribution is -2.31. The third-order valence-corrected chi connectivity index (χ3v) is 5.78. The van der Waals surface area contributed by atoms with Gasteiger partial charge in [-0.25, -0.2) is 4.79 Å². The van der Waals surface area contributed by atoms with E-state index in [4.69, 9.17) is 4.42 Å². The zero-order chi connectivity index (χ0) is 20.4. The van der Waals surface area contributed by atoms with Crippen molar-refractivity contribution in [1.29, 1.82) is 0 Å². The van der Waals surface area contributed by atoms with Crippen LogP contribution in [0.3, 0.4) is 0 Å². The second kappa shape index (κ2) is 8.21. The predicted octanol–water partition coefficient (Wildman–Crippen LogP) is 4.50. The summed E-state index contributed by atoms with van der Waals surface area (Å²) in [6, 6.07) is 12.6. The fourth-order valence-electron chi connectivity index (χ4n) is 4.16. The summed E-state index contributed by atoms with van der Waals surface area (Å²) in [7, 11) is 0. The SMILES string of the molecule is Cc1c(-c2ccccc2CCN2CCCCC2)oc2c(C(=O)O)cccc2c1=O. The van der Waals surface area contributed by atoms with Gasteiger partial charge in [-0.15, -0.1) is 0 Å². The Balaban J connectivity index is 1.78. The second-order valence-electron chi connectivity index (χ2n) is 7.68. The molecule has 4 rings (SSSR count). The number of aromatic carboxylic acids is 1. The number of carbonyl (C=O) groups is 1. The predicted molar refractivity (Wildman–Crippen MR) is 114 cm³/mol. The van der Waals surface area contributed by atoms with Crippen LogP contribution < -0.4 is 5.43 Å². The van der Waals surface area contributed by atoms with Gasteiger partial charge in [0.1, 0.15) is 11.3 Å². The maximum absolute atomic E-state index is 13.0. The number of nitrogens with zero attached hydrogens (tertiary/aromatic N) is 1. The summed E-state index contributed by atoms with van der Waals surface area (Å²) in [6.07, 6.45) is 4.66. The molecule has 0 unspecified atom stereocenters. The summed E-state index contributed by atoms with van der Waals surface area (Å²) in [6.45, 7) is 4.98. The smallest absolute Gasteiger partial charge is 0.339 e. The van der Waals surface area contributed by atoms with Gasteiger partial charge in [0.15, 0.2) is 11.0 Å². The number of carboxylic acid groups (broad SMARTS) is 1. The Hall–Kier alpha value is -2.92. The molecular weight excluding hydrogens is 366 g/mol. The highest BCUT2D eigenvalue weighted by Gasteiger charge is 2.19. The molecule has 1 aromatic heterocycles. The van der Waals surface area contributed by atoms with Gasteiger partial charge in [0, 0.05) is 17.7 Å². The quantitative estimate of drug-likeness (QED) is 0.694. The summed E-state index contributed by atoms with van der Waals surface area (Å²) in [5.74, 6) is -0.641. The molecule has 0 spiro atoms. The van der Waals surface area contributed by atoms with E-state index in [9.17, 15) is 14.7 Å². The summed E-state index contributed by atoms with van der Waals surface area (Å²) in [4.78, 5) is 27.1. The van der Waals surface area contributed by atoms with Crippen LogP contribution in [-0.2, 0) is 6.42 Å². The van der Waals surface area contributed by atoms with E-state index in [1.54, 1.807) is 19.1 Å². The maximum atomic E-state index is 13.0. The van der Waals surface area contributed by atoms with E-state index in [2.05, 4.69) is 11.0 Å². The van der Waals surface area contributed by atoms with Crippen LogP contribution in [0.5, 0.6) is 0 Å². The van der Waals surface area contributed by atoms with Crippen LogP contribution >= 0.6 is 0 Å². The van der Waals surface area contributed by atoms with Crippen LogP contribution in [0.2, 0.25) is 0 Å². The van der Waals surface area contributed by atoms with E-state index in [0.717, 1.165) is 37.2 Å². The Bertz CT molecular complexity index is 1110. The highest BCUT2D eigenvalue weighted by atomic mass is 16.4. The molecule has 0 atom stereocenters. The molecule has 5 nitrogen and oxygen atoms in total. The summed E-state index contributed by atoms with van der Waals surface area (Å²) < 4.78 is 6.09. The highest BCUT2D eigenvalue weighted by Crippen LogP contribution is 2.30. The fraction of sp³-hybridized carbons (Fsp3) is 0.333. The number of likely N-dealkylation sites (tertiary alicyclic amines) is 1. The van der Waals surface area contributed by atoms with Crippen LogP contribution in [0.25, 0.3) is 22.3 Å². The van der Waals surface area contributed by atoms with Crippen molar-refractivity contribution < 1.29 is 14.3 Å². The average Bonchev–Trinajstić information content (AvgIpc) is 2.75. The average molecular weight is 391 g/mol. The van der Waals surface area contributed by atoms with Crippen LogP contribution in [0, 0.1) is 6.92 Å². The van der Waals surface area contributed by atoms with E-state index in [0.29, 0.717) is 16.7 Å². The van der Waals surface area contributed by atoms with Gasteiger partial charge < -0.3 is 14.4 Å².